The summed E-state index contributed by atoms with van der Waals surface area (Å²) in [7, 11) is 6.29. The van der Waals surface area contributed by atoms with Crippen molar-refractivity contribution in [3.8, 4) is 11.5 Å². The van der Waals surface area contributed by atoms with E-state index in [0.29, 0.717) is 0 Å². The summed E-state index contributed by atoms with van der Waals surface area (Å²) in [4.78, 5) is 5.71. The first-order chi connectivity index (χ1) is 27.9. The van der Waals surface area contributed by atoms with Gasteiger partial charge in [-0.05, 0) is 52.1 Å². The molecule has 1 aliphatic heterocycles. The number of nitrogens with zero attached hydrogens (tertiary/aromatic N) is 1. The molecule has 1 heterocycles. The number of likely N-dealkylation sites (N-methyl/N-ethyl adjacent to an activating group) is 1. The first-order valence-corrected chi connectivity index (χ1v) is 18.9. The first-order valence-electron chi connectivity index (χ1n) is 18.9. The van der Waals surface area contributed by atoms with Crippen LogP contribution in [0.25, 0.3) is 0 Å². The van der Waals surface area contributed by atoms with Gasteiger partial charge in [0.05, 0.1) is 67.6 Å². The Hall–Kier alpha value is -4.66. The van der Waals surface area contributed by atoms with Crippen LogP contribution in [0, 0.1) is 0 Å². The summed E-state index contributed by atoms with van der Waals surface area (Å²) in [6.07, 6.45) is -3.04. The fourth-order valence-corrected chi connectivity index (χ4v) is 6.77. The van der Waals surface area contributed by atoms with E-state index in [2.05, 4.69) is 0 Å². The van der Waals surface area contributed by atoms with Crippen LogP contribution in [0.1, 0.15) is 27.8 Å². The topological polar surface area (TPSA) is 107 Å². The van der Waals surface area contributed by atoms with Gasteiger partial charge in [-0.25, -0.2) is 0 Å². The highest BCUT2D eigenvalue weighted by atomic mass is 16.8. The number of ether oxygens (including phenoxy) is 8. The van der Waals surface area contributed by atoms with Crippen molar-refractivity contribution in [2.24, 2.45) is 0 Å². The molecule has 1 aliphatic rings. The predicted molar refractivity (Wildman–Crippen MR) is 214 cm³/mol. The first kappa shape index (κ1) is 42.0. The lowest BCUT2D eigenvalue weighted by molar-refractivity contribution is -0.484. The zero-order valence-electron chi connectivity index (χ0n) is 33.0. The van der Waals surface area contributed by atoms with Crippen LogP contribution >= 0.6 is 0 Å². The zero-order chi connectivity index (χ0) is 39.9. The van der Waals surface area contributed by atoms with Gasteiger partial charge < -0.3 is 43.0 Å². The number of hydrogen-bond donors (Lipinski definition) is 1. The molecule has 5 aromatic rings. The Balaban J connectivity index is 1.42. The van der Waals surface area contributed by atoms with Crippen LogP contribution in [0.15, 0.2) is 140 Å². The second kappa shape index (κ2) is 20.7. The predicted octanol–water partition coefficient (Wildman–Crippen LogP) is 7.10. The molecule has 0 radical (unpaired) electrons. The Kier molecular flexibility index (Phi) is 15.2. The smallest absolute Gasteiger partial charge is 0.280 e. The quantitative estimate of drug-likeness (QED) is 0.0609. The van der Waals surface area contributed by atoms with Crippen LogP contribution < -0.4 is 9.47 Å². The van der Waals surface area contributed by atoms with Gasteiger partial charge in [-0.15, -0.1) is 5.06 Å². The maximum absolute atomic E-state index is 12.9. The minimum Gasteiger partial charge on any atom is -0.497 e. The summed E-state index contributed by atoms with van der Waals surface area (Å²) < 4.78 is 51.3. The van der Waals surface area contributed by atoms with Crippen LogP contribution in [0.5, 0.6) is 11.5 Å². The molecule has 5 aromatic carbocycles. The number of benzene rings is 5. The Morgan fingerprint density at radius 3 is 1.30 bits per heavy atom. The van der Waals surface area contributed by atoms with Gasteiger partial charge in [-0.2, -0.15) is 0 Å². The number of rotatable bonds is 21. The molecule has 11 nitrogen and oxygen atoms in total. The van der Waals surface area contributed by atoms with E-state index >= 15 is 0 Å². The minimum absolute atomic E-state index is 0.0719. The van der Waals surface area contributed by atoms with Gasteiger partial charge in [-0.3, -0.25) is 4.84 Å². The molecule has 0 aliphatic carbocycles. The SMILES string of the molecule is COc1ccc(COCC2(COCc3ccc(OC)cc3)OC(O)(N(C)OC)[C@H](OCc3ccccc3)[C@@H](OCc3ccccc3)[C@@H]2OCc2ccccc2)cc1. The molecule has 1 unspecified atom stereocenters. The van der Waals surface area contributed by atoms with E-state index in [0.717, 1.165) is 39.3 Å². The Bertz CT molecular complexity index is 1830. The van der Waals surface area contributed by atoms with Crippen LogP contribution in [-0.2, 0) is 66.3 Å². The maximum Gasteiger partial charge on any atom is 0.280 e. The lowest BCUT2D eigenvalue weighted by Crippen LogP contribution is -2.77. The van der Waals surface area contributed by atoms with Crippen molar-refractivity contribution in [2.75, 3.05) is 41.6 Å². The van der Waals surface area contributed by atoms with Crippen LogP contribution in [0.2, 0.25) is 0 Å². The van der Waals surface area contributed by atoms with Crippen molar-refractivity contribution in [3.63, 3.8) is 0 Å². The Morgan fingerprint density at radius 2 is 0.895 bits per heavy atom. The molecule has 0 aromatic heterocycles. The lowest BCUT2D eigenvalue weighted by atomic mass is 9.85. The third-order valence-electron chi connectivity index (χ3n) is 9.94. The standard InChI is InChI=1S/C46H53NO10/c1-47(51-4)46(48)44(56-32-37-18-12-7-13-19-37)42(54-30-35-14-8-5-9-15-35)43(55-31-36-16-10-6-11-17-36)45(57-46,33-52-28-38-20-24-40(49-2)25-21-38)34-53-29-39-22-26-41(50-3)27-23-39/h5-27,42-44,48H,28-34H2,1-4H3/t42-,43-,44+,46?/m0/s1. The average Bonchev–Trinajstić information content (AvgIpc) is 3.26. The van der Waals surface area contributed by atoms with Crippen molar-refractivity contribution in [3.05, 3.63) is 167 Å². The van der Waals surface area contributed by atoms with E-state index in [1.807, 2.05) is 140 Å². The van der Waals surface area contributed by atoms with E-state index in [1.54, 1.807) is 21.3 Å². The monoisotopic (exact) mass is 779 g/mol. The molecule has 4 atom stereocenters. The Labute approximate surface area is 335 Å². The number of hydroxylamine groups is 2. The summed E-state index contributed by atoms with van der Waals surface area (Å²) in [5, 5.41) is 14.1. The number of aliphatic hydroxyl groups is 1. The third-order valence-corrected chi connectivity index (χ3v) is 9.94. The number of methoxy groups -OCH3 is 2. The molecule has 0 spiro atoms. The van der Waals surface area contributed by atoms with Gasteiger partial charge in [0.1, 0.15) is 29.3 Å². The Morgan fingerprint density at radius 1 is 0.509 bits per heavy atom. The number of hydrogen-bond acceptors (Lipinski definition) is 11. The molecule has 6 rings (SSSR count). The molecular formula is C46H53NO10. The molecule has 0 saturated carbocycles. The highest BCUT2D eigenvalue weighted by Gasteiger charge is 2.65. The molecule has 11 heteroatoms. The second-order valence-corrected chi connectivity index (χ2v) is 13.9. The largest absolute Gasteiger partial charge is 0.497 e. The van der Waals surface area contributed by atoms with Crippen molar-refractivity contribution in [1.82, 2.24) is 5.06 Å². The summed E-state index contributed by atoms with van der Waals surface area (Å²) in [5.41, 5.74) is 3.08. The average molecular weight is 780 g/mol. The van der Waals surface area contributed by atoms with Crippen LogP contribution in [0.4, 0.5) is 0 Å². The third kappa shape index (κ3) is 11.1. The fourth-order valence-electron chi connectivity index (χ4n) is 6.77. The van der Waals surface area contributed by atoms with Gasteiger partial charge in [-0.1, -0.05) is 115 Å². The lowest BCUT2D eigenvalue weighted by Gasteiger charge is -2.56. The molecule has 0 amide bonds. The van der Waals surface area contributed by atoms with Gasteiger partial charge in [0.25, 0.3) is 5.91 Å². The molecule has 0 bridgehead atoms. The summed E-state index contributed by atoms with van der Waals surface area (Å²) in [6.45, 7) is 0.824. The van der Waals surface area contributed by atoms with Gasteiger partial charge in [0.2, 0.25) is 0 Å². The molecular weight excluding hydrogens is 727 g/mol. The second-order valence-electron chi connectivity index (χ2n) is 13.9. The maximum atomic E-state index is 12.9. The molecule has 302 valence electrons. The van der Waals surface area contributed by atoms with Crippen molar-refractivity contribution in [2.45, 2.75) is 62.9 Å². The summed E-state index contributed by atoms with van der Waals surface area (Å²) in [5.74, 6) is -0.760. The highest BCUT2D eigenvalue weighted by molar-refractivity contribution is 5.28. The molecule has 57 heavy (non-hydrogen) atoms. The van der Waals surface area contributed by atoms with Crippen LogP contribution in [-0.4, -0.2) is 81.6 Å². The van der Waals surface area contributed by atoms with Crippen molar-refractivity contribution < 1.29 is 47.8 Å². The van der Waals surface area contributed by atoms with Crippen molar-refractivity contribution >= 4 is 0 Å². The van der Waals surface area contributed by atoms with E-state index in [9.17, 15) is 5.11 Å². The van der Waals surface area contributed by atoms with E-state index < -0.39 is 29.8 Å². The van der Waals surface area contributed by atoms with Gasteiger partial charge >= 0.3 is 0 Å². The van der Waals surface area contributed by atoms with E-state index in [-0.39, 0.29) is 46.2 Å². The summed E-state index contributed by atoms with van der Waals surface area (Å²) in [6, 6.07) is 44.6. The minimum atomic E-state index is -2.23. The van der Waals surface area contributed by atoms with Gasteiger partial charge in [0.15, 0.2) is 6.10 Å². The molecule has 1 fully saturated rings. The highest BCUT2D eigenvalue weighted by Crippen LogP contribution is 2.43. The van der Waals surface area contributed by atoms with Crippen molar-refractivity contribution in [1.29, 1.82) is 0 Å². The molecule has 1 N–H and O–H groups in total. The summed E-state index contributed by atoms with van der Waals surface area (Å²) >= 11 is 0. The van der Waals surface area contributed by atoms with E-state index in [1.165, 1.54) is 12.2 Å². The van der Waals surface area contributed by atoms with Crippen LogP contribution in [0.3, 0.4) is 0 Å². The van der Waals surface area contributed by atoms with Gasteiger partial charge in [0, 0.05) is 7.05 Å². The fraction of sp³-hybridized carbons (Fsp3) is 0.348. The molecule has 1 saturated heterocycles. The normalized spacial score (nSPS) is 20.4. The zero-order valence-corrected chi connectivity index (χ0v) is 33.0. The van der Waals surface area contributed by atoms with E-state index in [4.69, 9.17) is 42.7 Å².